The fourth-order valence-electron chi connectivity index (χ4n) is 0.948. The van der Waals surface area contributed by atoms with Crippen LogP contribution in [0.3, 0.4) is 0 Å². The maximum absolute atomic E-state index is 5.84. The molecule has 0 fully saturated rings. The van der Waals surface area contributed by atoms with E-state index in [1.807, 2.05) is 0 Å². The molecular formula is C8H10Cl2N2. The second-order valence-electron chi connectivity index (χ2n) is 3.03. The van der Waals surface area contributed by atoms with Gasteiger partial charge in [0.25, 0.3) is 0 Å². The van der Waals surface area contributed by atoms with Gasteiger partial charge in [0.2, 0.25) is 0 Å². The number of rotatable bonds is 2. The molecule has 0 aliphatic carbocycles. The van der Waals surface area contributed by atoms with Gasteiger partial charge in [0, 0.05) is 5.56 Å². The number of hydrogen-bond acceptors (Lipinski definition) is 2. The van der Waals surface area contributed by atoms with Gasteiger partial charge in [-0.05, 0) is 12.3 Å². The van der Waals surface area contributed by atoms with Crippen molar-refractivity contribution in [3.8, 4) is 0 Å². The van der Waals surface area contributed by atoms with Crippen molar-refractivity contribution in [1.82, 2.24) is 9.97 Å². The normalized spacial score (nSPS) is 10.8. The number of hydrogen-bond donors (Lipinski definition) is 0. The van der Waals surface area contributed by atoms with E-state index in [0.717, 1.165) is 12.0 Å². The Bertz CT molecular complexity index is 254. The fourth-order valence-corrected chi connectivity index (χ4v) is 1.42. The van der Waals surface area contributed by atoms with Gasteiger partial charge in [-0.3, -0.25) is 0 Å². The molecule has 12 heavy (non-hydrogen) atoms. The summed E-state index contributed by atoms with van der Waals surface area (Å²) in [5.74, 6) is 0.506. The molecule has 0 spiro atoms. The van der Waals surface area contributed by atoms with E-state index in [1.165, 1.54) is 6.33 Å². The summed E-state index contributed by atoms with van der Waals surface area (Å²) in [6.45, 7) is 4.19. The molecule has 0 radical (unpaired) electrons. The lowest BCUT2D eigenvalue weighted by atomic mass is 10.1. The van der Waals surface area contributed by atoms with Crippen molar-refractivity contribution in [2.45, 2.75) is 20.3 Å². The smallest absolute Gasteiger partial charge is 0.137 e. The summed E-state index contributed by atoms with van der Waals surface area (Å²) in [6.07, 6.45) is 2.19. The Hall–Kier alpha value is -0.340. The van der Waals surface area contributed by atoms with Crippen molar-refractivity contribution < 1.29 is 0 Å². The van der Waals surface area contributed by atoms with Crippen LogP contribution in [-0.4, -0.2) is 9.97 Å². The molecule has 0 saturated carbocycles. The van der Waals surface area contributed by atoms with Crippen molar-refractivity contribution >= 4 is 23.2 Å². The first-order valence-corrected chi connectivity index (χ1v) is 4.51. The van der Waals surface area contributed by atoms with Gasteiger partial charge in [-0.25, -0.2) is 9.97 Å². The predicted octanol–water partition coefficient (Wildman–Crippen LogP) is 2.98. The topological polar surface area (TPSA) is 25.8 Å². The van der Waals surface area contributed by atoms with E-state index < -0.39 is 0 Å². The highest BCUT2D eigenvalue weighted by molar-refractivity contribution is 6.34. The van der Waals surface area contributed by atoms with Gasteiger partial charge >= 0.3 is 0 Å². The summed E-state index contributed by atoms with van der Waals surface area (Å²) < 4.78 is 0. The lowest BCUT2D eigenvalue weighted by Crippen LogP contribution is -1.98. The molecule has 1 rings (SSSR count). The molecular weight excluding hydrogens is 195 g/mol. The highest BCUT2D eigenvalue weighted by Gasteiger charge is 2.08. The van der Waals surface area contributed by atoms with E-state index in [2.05, 4.69) is 23.8 Å². The highest BCUT2D eigenvalue weighted by atomic mass is 35.5. The summed E-state index contributed by atoms with van der Waals surface area (Å²) in [6, 6.07) is 0. The molecule has 0 amide bonds. The lowest BCUT2D eigenvalue weighted by molar-refractivity contribution is 0.644. The average Bonchev–Trinajstić information content (AvgIpc) is 1.97. The van der Waals surface area contributed by atoms with Crippen LogP contribution in [0.4, 0.5) is 0 Å². The average molecular weight is 205 g/mol. The minimum Gasteiger partial charge on any atom is -0.224 e. The van der Waals surface area contributed by atoms with Crippen LogP contribution in [0.5, 0.6) is 0 Å². The SMILES string of the molecule is CC(C)Cc1c(Cl)ncnc1Cl. The Balaban J connectivity index is 2.96. The van der Waals surface area contributed by atoms with Gasteiger partial charge in [0.15, 0.2) is 0 Å². The molecule has 0 aromatic carbocycles. The standard InChI is InChI=1S/C8H10Cl2N2/c1-5(2)3-6-7(9)11-4-12-8(6)10/h4-5H,3H2,1-2H3. The number of aromatic nitrogens is 2. The van der Waals surface area contributed by atoms with E-state index in [-0.39, 0.29) is 0 Å². The van der Waals surface area contributed by atoms with Gasteiger partial charge in [-0.15, -0.1) is 0 Å². The summed E-state index contributed by atoms with van der Waals surface area (Å²) >= 11 is 11.7. The van der Waals surface area contributed by atoms with Crippen LogP contribution < -0.4 is 0 Å². The third-order valence-corrected chi connectivity index (χ3v) is 2.10. The summed E-state index contributed by atoms with van der Waals surface area (Å²) in [5, 5.41) is 0.924. The first kappa shape index (κ1) is 9.75. The lowest BCUT2D eigenvalue weighted by Gasteiger charge is -2.06. The van der Waals surface area contributed by atoms with Crippen LogP contribution in [0.15, 0.2) is 6.33 Å². The third kappa shape index (κ3) is 2.32. The minimum absolute atomic E-state index is 0.462. The quantitative estimate of drug-likeness (QED) is 0.693. The molecule has 1 heterocycles. The van der Waals surface area contributed by atoms with Crippen LogP contribution in [0, 0.1) is 5.92 Å². The molecule has 0 N–H and O–H groups in total. The molecule has 1 aromatic heterocycles. The first-order valence-electron chi connectivity index (χ1n) is 3.76. The van der Waals surface area contributed by atoms with Crippen LogP contribution in [-0.2, 0) is 6.42 Å². The van der Waals surface area contributed by atoms with Crippen molar-refractivity contribution in [2.24, 2.45) is 5.92 Å². The van der Waals surface area contributed by atoms with Crippen molar-refractivity contribution in [3.05, 3.63) is 22.2 Å². The van der Waals surface area contributed by atoms with Crippen molar-refractivity contribution in [2.75, 3.05) is 0 Å². The summed E-state index contributed by atoms with van der Waals surface area (Å²) in [7, 11) is 0. The molecule has 0 aliphatic heterocycles. The summed E-state index contributed by atoms with van der Waals surface area (Å²) in [5.41, 5.74) is 0.843. The molecule has 0 atom stereocenters. The zero-order valence-corrected chi connectivity index (χ0v) is 8.52. The van der Waals surface area contributed by atoms with Gasteiger partial charge in [0.05, 0.1) is 0 Å². The van der Waals surface area contributed by atoms with Crippen LogP contribution in [0.2, 0.25) is 10.3 Å². The Morgan fingerprint density at radius 1 is 1.25 bits per heavy atom. The molecule has 1 aromatic rings. The van der Waals surface area contributed by atoms with Crippen LogP contribution >= 0.6 is 23.2 Å². The highest BCUT2D eigenvalue weighted by Crippen LogP contribution is 2.22. The van der Waals surface area contributed by atoms with Crippen molar-refractivity contribution in [1.29, 1.82) is 0 Å². The maximum atomic E-state index is 5.84. The zero-order valence-electron chi connectivity index (χ0n) is 7.01. The minimum atomic E-state index is 0.462. The van der Waals surface area contributed by atoms with Gasteiger partial charge in [-0.2, -0.15) is 0 Å². The predicted molar refractivity (Wildman–Crippen MR) is 50.6 cm³/mol. The Morgan fingerprint density at radius 3 is 2.17 bits per heavy atom. The van der Waals surface area contributed by atoms with E-state index in [4.69, 9.17) is 23.2 Å². The molecule has 66 valence electrons. The van der Waals surface area contributed by atoms with E-state index >= 15 is 0 Å². The first-order chi connectivity index (χ1) is 5.61. The Labute approximate surface area is 81.9 Å². The van der Waals surface area contributed by atoms with Crippen LogP contribution in [0.25, 0.3) is 0 Å². The van der Waals surface area contributed by atoms with Crippen LogP contribution in [0.1, 0.15) is 19.4 Å². The molecule has 0 unspecified atom stereocenters. The molecule has 0 saturated heterocycles. The van der Waals surface area contributed by atoms with E-state index in [9.17, 15) is 0 Å². The molecule has 2 nitrogen and oxygen atoms in total. The van der Waals surface area contributed by atoms with E-state index in [0.29, 0.717) is 16.2 Å². The molecule has 0 aliphatic rings. The fraction of sp³-hybridized carbons (Fsp3) is 0.500. The largest absolute Gasteiger partial charge is 0.224 e. The number of nitrogens with zero attached hydrogens (tertiary/aromatic N) is 2. The van der Waals surface area contributed by atoms with Gasteiger partial charge in [-0.1, -0.05) is 37.0 Å². The van der Waals surface area contributed by atoms with Gasteiger partial charge < -0.3 is 0 Å². The second kappa shape index (κ2) is 4.06. The second-order valence-corrected chi connectivity index (χ2v) is 3.75. The Morgan fingerprint density at radius 2 is 1.75 bits per heavy atom. The third-order valence-electron chi connectivity index (χ3n) is 1.45. The maximum Gasteiger partial charge on any atom is 0.137 e. The van der Waals surface area contributed by atoms with E-state index in [1.54, 1.807) is 0 Å². The monoisotopic (exact) mass is 204 g/mol. The molecule has 4 heteroatoms. The van der Waals surface area contributed by atoms with Crippen molar-refractivity contribution in [3.63, 3.8) is 0 Å². The number of halogens is 2. The van der Waals surface area contributed by atoms with Gasteiger partial charge in [0.1, 0.15) is 16.6 Å². The molecule has 0 bridgehead atoms. The zero-order chi connectivity index (χ0) is 9.14. The summed E-state index contributed by atoms with van der Waals surface area (Å²) in [4.78, 5) is 7.73. The Kier molecular flexibility index (Phi) is 3.29.